The lowest BCUT2D eigenvalue weighted by Gasteiger charge is -2.14. The molecular formula is C18H19NO2. The van der Waals surface area contributed by atoms with Crippen LogP contribution in [0.4, 0.5) is 0 Å². The summed E-state index contributed by atoms with van der Waals surface area (Å²) in [7, 11) is 0. The van der Waals surface area contributed by atoms with Crippen LogP contribution in [0.5, 0.6) is 11.5 Å². The largest absolute Gasteiger partial charge is 0.454 e. The van der Waals surface area contributed by atoms with Crippen LogP contribution in [-0.2, 0) is 0 Å². The summed E-state index contributed by atoms with van der Waals surface area (Å²) >= 11 is 0. The topological polar surface area (TPSA) is 30.5 Å². The zero-order valence-corrected chi connectivity index (χ0v) is 12.1. The average Bonchev–Trinajstić information content (AvgIpc) is 3.12. The average molecular weight is 281 g/mol. The standard InChI is InChI=1S/C18H19NO2/c1-2-19-16-10-15(13-5-3-4-6-14(13)16)12-7-8-17-18(9-12)21-11-20-17/h3-9,15-16,19H,2,10-11H2,1H3/t15-,16+/m1/s1. The summed E-state index contributed by atoms with van der Waals surface area (Å²) in [6.07, 6.45) is 1.10. The molecule has 0 aromatic heterocycles. The Morgan fingerprint density at radius 2 is 1.86 bits per heavy atom. The van der Waals surface area contributed by atoms with Crippen molar-refractivity contribution < 1.29 is 9.47 Å². The third-order valence-electron chi connectivity index (χ3n) is 4.47. The number of ether oxygens (including phenoxy) is 2. The fourth-order valence-corrected chi connectivity index (χ4v) is 3.52. The van der Waals surface area contributed by atoms with Gasteiger partial charge in [-0.3, -0.25) is 0 Å². The highest BCUT2D eigenvalue weighted by atomic mass is 16.7. The zero-order valence-electron chi connectivity index (χ0n) is 12.1. The first kappa shape index (κ1) is 12.7. The lowest BCUT2D eigenvalue weighted by atomic mass is 9.93. The first-order valence-electron chi connectivity index (χ1n) is 7.58. The molecule has 1 aliphatic carbocycles. The van der Waals surface area contributed by atoms with Crippen molar-refractivity contribution in [2.24, 2.45) is 0 Å². The Labute approximate surface area is 124 Å². The Bertz CT molecular complexity index is 668. The molecule has 2 aromatic carbocycles. The van der Waals surface area contributed by atoms with Gasteiger partial charge in [0.2, 0.25) is 6.79 Å². The molecule has 0 saturated carbocycles. The number of hydrogen-bond acceptors (Lipinski definition) is 3. The predicted octanol–water partition coefficient (Wildman–Crippen LogP) is 3.60. The number of fused-ring (bicyclic) bond motifs is 2. The van der Waals surface area contributed by atoms with E-state index >= 15 is 0 Å². The van der Waals surface area contributed by atoms with Crippen LogP contribution in [0.3, 0.4) is 0 Å². The van der Waals surface area contributed by atoms with Crippen molar-refractivity contribution >= 4 is 0 Å². The summed E-state index contributed by atoms with van der Waals surface area (Å²) < 4.78 is 10.9. The van der Waals surface area contributed by atoms with Gasteiger partial charge in [0, 0.05) is 12.0 Å². The smallest absolute Gasteiger partial charge is 0.231 e. The number of nitrogens with one attached hydrogen (secondary N) is 1. The first-order chi connectivity index (χ1) is 10.4. The highest BCUT2D eigenvalue weighted by Crippen LogP contribution is 2.46. The number of benzene rings is 2. The van der Waals surface area contributed by atoms with E-state index in [4.69, 9.17) is 9.47 Å². The second-order valence-corrected chi connectivity index (χ2v) is 5.64. The van der Waals surface area contributed by atoms with Crippen molar-refractivity contribution in [2.75, 3.05) is 13.3 Å². The van der Waals surface area contributed by atoms with Gasteiger partial charge in [0.05, 0.1) is 0 Å². The zero-order chi connectivity index (χ0) is 14.2. The van der Waals surface area contributed by atoms with Crippen molar-refractivity contribution in [1.29, 1.82) is 0 Å². The third kappa shape index (κ3) is 2.09. The Kier molecular flexibility index (Phi) is 3.08. The third-order valence-corrected chi connectivity index (χ3v) is 4.47. The molecule has 108 valence electrons. The van der Waals surface area contributed by atoms with E-state index in [1.807, 2.05) is 6.07 Å². The fourth-order valence-electron chi connectivity index (χ4n) is 3.52. The van der Waals surface area contributed by atoms with E-state index < -0.39 is 0 Å². The molecule has 0 saturated heterocycles. The molecule has 0 radical (unpaired) electrons. The molecule has 1 heterocycles. The summed E-state index contributed by atoms with van der Waals surface area (Å²) in [6.45, 7) is 3.49. The van der Waals surface area contributed by atoms with Gasteiger partial charge in [-0.25, -0.2) is 0 Å². The molecule has 0 fully saturated rings. The predicted molar refractivity (Wildman–Crippen MR) is 81.9 cm³/mol. The summed E-state index contributed by atoms with van der Waals surface area (Å²) in [4.78, 5) is 0. The molecule has 3 heteroatoms. The van der Waals surface area contributed by atoms with Crippen molar-refractivity contribution in [3.05, 3.63) is 59.2 Å². The molecule has 0 bridgehead atoms. The van der Waals surface area contributed by atoms with Crippen LogP contribution in [0.2, 0.25) is 0 Å². The van der Waals surface area contributed by atoms with Crippen LogP contribution in [0.15, 0.2) is 42.5 Å². The molecule has 1 aliphatic heterocycles. The minimum Gasteiger partial charge on any atom is -0.454 e. The van der Waals surface area contributed by atoms with Crippen LogP contribution in [0.1, 0.15) is 42.0 Å². The van der Waals surface area contributed by atoms with E-state index in [2.05, 4.69) is 48.6 Å². The molecule has 21 heavy (non-hydrogen) atoms. The van der Waals surface area contributed by atoms with Gasteiger partial charge in [-0.2, -0.15) is 0 Å². The van der Waals surface area contributed by atoms with Crippen LogP contribution >= 0.6 is 0 Å². The molecule has 0 spiro atoms. The maximum absolute atomic E-state index is 5.52. The van der Waals surface area contributed by atoms with Gasteiger partial charge in [-0.05, 0) is 41.8 Å². The van der Waals surface area contributed by atoms with Gasteiger partial charge in [-0.1, -0.05) is 37.3 Å². The maximum atomic E-state index is 5.52. The van der Waals surface area contributed by atoms with Crippen LogP contribution in [0.25, 0.3) is 0 Å². The van der Waals surface area contributed by atoms with Crippen LogP contribution < -0.4 is 14.8 Å². The quantitative estimate of drug-likeness (QED) is 0.932. The highest BCUT2D eigenvalue weighted by molar-refractivity contribution is 5.50. The Morgan fingerprint density at radius 3 is 2.71 bits per heavy atom. The van der Waals surface area contributed by atoms with Crippen molar-refractivity contribution in [1.82, 2.24) is 5.32 Å². The van der Waals surface area contributed by atoms with Crippen LogP contribution in [-0.4, -0.2) is 13.3 Å². The van der Waals surface area contributed by atoms with Gasteiger partial charge >= 0.3 is 0 Å². The van der Waals surface area contributed by atoms with Crippen molar-refractivity contribution in [2.45, 2.75) is 25.3 Å². The number of rotatable bonds is 3. The Hall–Kier alpha value is -2.00. The van der Waals surface area contributed by atoms with E-state index in [0.29, 0.717) is 18.8 Å². The van der Waals surface area contributed by atoms with E-state index in [1.54, 1.807) is 0 Å². The maximum Gasteiger partial charge on any atom is 0.231 e. The van der Waals surface area contributed by atoms with Crippen molar-refractivity contribution in [3.8, 4) is 11.5 Å². The molecule has 0 unspecified atom stereocenters. The molecule has 2 aliphatic rings. The molecule has 4 rings (SSSR count). The van der Waals surface area contributed by atoms with Gasteiger partial charge in [0.1, 0.15) is 0 Å². The number of hydrogen-bond donors (Lipinski definition) is 1. The van der Waals surface area contributed by atoms with Gasteiger partial charge in [0.15, 0.2) is 11.5 Å². The molecular weight excluding hydrogens is 262 g/mol. The van der Waals surface area contributed by atoms with E-state index in [0.717, 1.165) is 24.5 Å². The highest BCUT2D eigenvalue weighted by Gasteiger charge is 2.31. The summed E-state index contributed by atoms with van der Waals surface area (Å²) in [5, 5.41) is 3.60. The van der Waals surface area contributed by atoms with E-state index in [9.17, 15) is 0 Å². The minimum absolute atomic E-state index is 0.333. The summed E-state index contributed by atoms with van der Waals surface area (Å²) in [5.41, 5.74) is 4.18. The molecule has 2 atom stereocenters. The normalized spacial score (nSPS) is 22.3. The lowest BCUT2D eigenvalue weighted by Crippen LogP contribution is -2.18. The monoisotopic (exact) mass is 281 g/mol. The van der Waals surface area contributed by atoms with Crippen molar-refractivity contribution in [3.63, 3.8) is 0 Å². The van der Waals surface area contributed by atoms with Gasteiger partial charge < -0.3 is 14.8 Å². The summed E-state index contributed by atoms with van der Waals surface area (Å²) in [6, 6.07) is 15.5. The van der Waals surface area contributed by atoms with Crippen LogP contribution in [0, 0.1) is 0 Å². The lowest BCUT2D eigenvalue weighted by molar-refractivity contribution is 0.174. The SMILES string of the molecule is CCN[C@H]1C[C@H](c2ccc3c(c2)OCO3)c2ccccc21. The molecule has 0 amide bonds. The first-order valence-corrected chi connectivity index (χ1v) is 7.58. The Morgan fingerprint density at radius 1 is 1.05 bits per heavy atom. The minimum atomic E-state index is 0.333. The fraction of sp³-hybridized carbons (Fsp3) is 0.333. The second kappa shape index (κ2) is 5.08. The summed E-state index contributed by atoms with van der Waals surface area (Å²) in [5.74, 6) is 2.16. The van der Waals surface area contributed by atoms with E-state index in [1.165, 1.54) is 16.7 Å². The van der Waals surface area contributed by atoms with Gasteiger partial charge in [-0.15, -0.1) is 0 Å². The second-order valence-electron chi connectivity index (χ2n) is 5.64. The Balaban J connectivity index is 1.73. The molecule has 2 aromatic rings. The molecule has 3 nitrogen and oxygen atoms in total. The van der Waals surface area contributed by atoms with Gasteiger partial charge in [0.25, 0.3) is 0 Å². The molecule has 1 N–H and O–H groups in total. The van der Waals surface area contributed by atoms with E-state index in [-0.39, 0.29) is 0 Å².